The SMILES string of the molecule is Cc1cc2nc(-c3cccc(N(C)C)c3)[nH]c2cc1Nc1nc(-c2cccnc2)cs1. The number of nitrogens with zero attached hydrogens (tertiary/aromatic N) is 4. The largest absolute Gasteiger partial charge is 0.378 e. The number of hydrogen-bond acceptors (Lipinski definition) is 6. The molecule has 7 heteroatoms. The number of anilines is 3. The lowest BCUT2D eigenvalue weighted by Gasteiger charge is -2.12. The van der Waals surface area contributed by atoms with E-state index in [2.05, 4.69) is 63.5 Å². The first-order chi connectivity index (χ1) is 15.1. The second-order valence-electron chi connectivity index (χ2n) is 7.62. The zero-order valence-electron chi connectivity index (χ0n) is 17.5. The summed E-state index contributed by atoms with van der Waals surface area (Å²) in [5, 5.41) is 6.35. The molecule has 0 spiro atoms. The lowest BCUT2D eigenvalue weighted by atomic mass is 10.2. The average molecular weight is 427 g/mol. The van der Waals surface area contributed by atoms with Crippen molar-refractivity contribution in [2.45, 2.75) is 6.92 Å². The van der Waals surface area contributed by atoms with Crippen LogP contribution in [0.3, 0.4) is 0 Å². The van der Waals surface area contributed by atoms with E-state index in [9.17, 15) is 0 Å². The molecule has 0 amide bonds. The molecule has 6 nitrogen and oxygen atoms in total. The van der Waals surface area contributed by atoms with Crippen LogP contribution in [-0.4, -0.2) is 34.0 Å². The van der Waals surface area contributed by atoms with Crippen LogP contribution in [0.15, 0.2) is 66.3 Å². The first-order valence-corrected chi connectivity index (χ1v) is 10.9. The summed E-state index contributed by atoms with van der Waals surface area (Å²) in [5.74, 6) is 0.864. The van der Waals surface area contributed by atoms with Gasteiger partial charge in [0.15, 0.2) is 5.13 Å². The summed E-state index contributed by atoms with van der Waals surface area (Å²) in [4.78, 5) is 19.3. The zero-order chi connectivity index (χ0) is 21.4. The first-order valence-electron chi connectivity index (χ1n) is 9.98. The number of pyridine rings is 1. The third-order valence-electron chi connectivity index (χ3n) is 5.17. The number of rotatable bonds is 5. The monoisotopic (exact) mass is 426 g/mol. The third kappa shape index (κ3) is 3.87. The Labute approximate surface area is 184 Å². The van der Waals surface area contributed by atoms with E-state index in [4.69, 9.17) is 9.97 Å². The van der Waals surface area contributed by atoms with Crippen LogP contribution in [0.5, 0.6) is 0 Å². The molecule has 0 aliphatic carbocycles. The van der Waals surface area contributed by atoms with Crippen LogP contribution in [-0.2, 0) is 0 Å². The Hall–Kier alpha value is -3.71. The maximum absolute atomic E-state index is 4.81. The average Bonchev–Trinajstić information content (AvgIpc) is 3.42. The Morgan fingerprint density at radius 3 is 2.68 bits per heavy atom. The Morgan fingerprint density at radius 1 is 1.00 bits per heavy atom. The van der Waals surface area contributed by atoms with E-state index in [1.165, 1.54) is 0 Å². The topological polar surface area (TPSA) is 69.7 Å². The van der Waals surface area contributed by atoms with Gasteiger partial charge in [0, 0.05) is 54.4 Å². The number of aromatic nitrogens is 4. The first kappa shape index (κ1) is 19.3. The molecular weight excluding hydrogens is 404 g/mol. The van der Waals surface area contributed by atoms with Gasteiger partial charge in [0.1, 0.15) is 5.82 Å². The number of aryl methyl sites for hydroxylation is 1. The molecule has 5 aromatic rings. The summed E-state index contributed by atoms with van der Waals surface area (Å²) in [7, 11) is 4.08. The number of aromatic amines is 1. The Kier molecular flexibility index (Phi) is 4.88. The molecule has 3 aromatic heterocycles. The van der Waals surface area contributed by atoms with Crippen LogP contribution in [0.2, 0.25) is 0 Å². The second kappa shape index (κ2) is 7.85. The van der Waals surface area contributed by atoms with Crippen molar-refractivity contribution in [2.75, 3.05) is 24.3 Å². The number of fused-ring (bicyclic) bond motifs is 1. The number of hydrogen-bond donors (Lipinski definition) is 2. The molecule has 5 rings (SSSR count). The Morgan fingerprint density at radius 2 is 1.87 bits per heavy atom. The van der Waals surface area contributed by atoms with E-state index in [1.54, 1.807) is 17.5 Å². The summed E-state index contributed by atoms with van der Waals surface area (Å²) in [6.45, 7) is 2.08. The molecule has 0 radical (unpaired) electrons. The Balaban J connectivity index is 1.45. The summed E-state index contributed by atoms with van der Waals surface area (Å²) in [5.41, 5.74) is 8.20. The lowest BCUT2D eigenvalue weighted by molar-refractivity contribution is 1.13. The van der Waals surface area contributed by atoms with E-state index in [0.717, 1.165) is 55.7 Å². The number of benzene rings is 2. The summed E-state index contributed by atoms with van der Waals surface area (Å²) in [6.07, 6.45) is 3.59. The van der Waals surface area contributed by atoms with Crippen LogP contribution in [0.4, 0.5) is 16.5 Å². The quantitative estimate of drug-likeness (QED) is 0.368. The fraction of sp³-hybridized carbons (Fsp3) is 0.125. The van der Waals surface area contributed by atoms with E-state index in [0.29, 0.717) is 0 Å². The minimum Gasteiger partial charge on any atom is -0.378 e. The van der Waals surface area contributed by atoms with E-state index in [1.807, 2.05) is 37.8 Å². The molecule has 3 heterocycles. The van der Waals surface area contributed by atoms with Crippen molar-refractivity contribution in [3.8, 4) is 22.6 Å². The fourth-order valence-corrected chi connectivity index (χ4v) is 4.19. The van der Waals surface area contributed by atoms with Crippen LogP contribution in [0.25, 0.3) is 33.7 Å². The molecule has 0 aliphatic heterocycles. The van der Waals surface area contributed by atoms with Crippen LogP contribution in [0.1, 0.15) is 5.56 Å². The van der Waals surface area contributed by atoms with Gasteiger partial charge in [-0.1, -0.05) is 12.1 Å². The molecule has 0 aliphatic rings. The van der Waals surface area contributed by atoms with Crippen LogP contribution >= 0.6 is 11.3 Å². The smallest absolute Gasteiger partial charge is 0.187 e. The van der Waals surface area contributed by atoms with Crippen molar-refractivity contribution < 1.29 is 0 Å². The lowest BCUT2D eigenvalue weighted by Crippen LogP contribution is -2.08. The highest BCUT2D eigenvalue weighted by Gasteiger charge is 2.11. The highest BCUT2D eigenvalue weighted by atomic mass is 32.1. The van der Waals surface area contributed by atoms with Gasteiger partial charge in [0.25, 0.3) is 0 Å². The van der Waals surface area contributed by atoms with Gasteiger partial charge in [-0.05, 0) is 48.9 Å². The highest BCUT2D eigenvalue weighted by Crippen LogP contribution is 2.31. The molecule has 0 bridgehead atoms. The van der Waals surface area contributed by atoms with Crippen molar-refractivity contribution >= 4 is 38.9 Å². The van der Waals surface area contributed by atoms with Gasteiger partial charge in [-0.15, -0.1) is 11.3 Å². The van der Waals surface area contributed by atoms with Gasteiger partial charge in [0.05, 0.1) is 16.7 Å². The van der Waals surface area contributed by atoms with Crippen molar-refractivity contribution in [2.24, 2.45) is 0 Å². The molecule has 0 saturated heterocycles. The maximum atomic E-state index is 4.81. The Bertz CT molecular complexity index is 1350. The highest BCUT2D eigenvalue weighted by molar-refractivity contribution is 7.14. The minimum atomic E-state index is 0.847. The van der Waals surface area contributed by atoms with Gasteiger partial charge < -0.3 is 15.2 Å². The van der Waals surface area contributed by atoms with Gasteiger partial charge in [-0.3, -0.25) is 4.98 Å². The molecule has 0 fully saturated rings. The van der Waals surface area contributed by atoms with Crippen molar-refractivity contribution in [3.05, 3.63) is 71.9 Å². The van der Waals surface area contributed by atoms with Crippen molar-refractivity contribution in [3.63, 3.8) is 0 Å². The predicted octanol–water partition coefficient (Wildman–Crippen LogP) is 5.87. The normalized spacial score (nSPS) is 11.1. The molecule has 0 unspecified atom stereocenters. The molecule has 0 saturated carbocycles. The van der Waals surface area contributed by atoms with Gasteiger partial charge in [-0.2, -0.15) is 0 Å². The van der Waals surface area contributed by atoms with Gasteiger partial charge in [-0.25, -0.2) is 9.97 Å². The minimum absolute atomic E-state index is 0.847. The standard InChI is InChI=1S/C24H22N6S/c1-15-10-20-21(27-23(26-20)16-6-4-8-18(11-16)30(2)3)12-19(15)28-24-29-22(14-31-24)17-7-5-9-25-13-17/h4-14H,1-3H3,(H,26,27)(H,28,29). The number of imidazole rings is 1. The van der Waals surface area contributed by atoms with Crippen LogP contribution in [0, 0.1) is 6.92 Å². The fourth-order valence-electron chi connectivity index (χ4n) is 3.46. The number of nitrogens with one attached hydrogen (secondary N) is 2. The van der Waals surface area contributed by atoms with E-state index >= 15 is 0 Å². The van der Waals surface area contributed by atoms with Crippen molar-refractivity contribution in [1.82, 2.24) is 19.9 Å². The number of thiazole rings is 1. The second-order valence-corrected chi connectivity index (χ2v) is 8.48. The molecule has 2 aromatic carbocycles. The van der Waals surface area contributed by atoms with Crippen LogP contribution < -0.4 is 10.2 Å². The van der Waals surface area contributed by atoms with Crippen molar-refractivity contribution in [1.29, 1.82) is 0 Å². The maximum Gasteiger partial charge on any atom is 0.187 e. The number of H-pyrrole nitrogens is 1. The third-order valence-corrected chi connectivity index (χ3v) is 5.92. The van der Waals surface area contributed by atoms with Gasteiger partial charge in [0.2, 0.25) is 0 Å². The van der Waals surface area contributed by atoms with E-state index in [-0.39, 0.29) is 0 Å². The molecule has 31 heavy (non-hydrogen) atoms. The van der Waals surface area contributed by atoms with E-state index < -0.39 is 0 Å². The molecule has 0 atom stereocenters. The summed E-state index contributed by atoms with van der Waals surface area (Å²) >= 11 is 1.58. The molecule has 154 valence electrons. The van der Waals surface area contributed by atoms with Gasteiger partial charge >= 0.3 is 0 Å². The molecular formula is C24H22N6S. The predicted molar refractivity (Wildman–Crippen MR) is 129 cm³/mol. The molecule has 2 N–H and O–H groups in total. The summed E-state index contributed by atoms with van der Waals surface area (Å²) in [6, 6.07) is 16.5. The zero-order valence-corrected chi connectivity index (χ0v) is 18.4. The summed E-state index contributed by atoms with van der Waals surface area (Å²) < 4.78 is 0.